The first-order valence-electron chi connectivity index (χ1n) is 11.2. The van der Waals surface area contributed by atoms with Crippen molar-refractivity contribution in [1.29, 1.82) is 0 Å². The minimum absolute atomic E-state index is 0.0344. The number of alkyl carbamates (subject to hydrolysis) is 1. The Morgan fingerprint density at radius 1 is 1.06 bits per heavy atom. The average molecular weight is 455 g/mol. The van der Waals surface area contributed by atoms with Crippen LogP contribution in [-0.2, 0) is 14.3 Å². The van der Waals surface area contributed by atoms with Crippen molar-refractivity contribution in [2.75, 3.05) is 26.3 Å². The highest BCUT2D eigenvalue weighted by Gasteiger charge is 2.29. The number of hydrogen-bond donors (Lipinski definition) is 3. The smallest absolute Gasteiger partial charge is 0.407 e. The number of amides is 2. The third-order valence-electron chi connectivity index (χ3n) is 5.91. The van der Waals surface area contributed by atoms with Crippen LogP contribution in [0.3, 0.4) is 0 Å². The van der Waals surface area contributed by atoms with Crippen LogP contribution in [-0.4, -0.2) is 65.4 Å². The number of carbonyl (C=O) groups excluding carboxylic acids is 2. The molecular formula is C25H30N2O6. The Morgan fingerprint density at radius 2 is 1.67 bits per heavy atom. The number of rotatable bonds is 11. The lowest BCUT2D eigenvalue weighted by Crippen LogP contribution is -2.40. The van der Waals surface area contributed by atoms with Gasteiger partial charge >= 0.3 is 12.1 Å². The molecule has 0 fully saturated rings. The predicted molar refractivity (Wildman–Crippen MR) is 123 cm³/mol. The number of ether oxygens (including phenoxy) is 1. The van der Waals surface area contributed by atoms with Crippen LogP contribution in [0.1, 0.15) is 43.2 Å². The van der Waals surface area contributed by atoms with E-state index in [2.05, 4.69) is 29.6 Å². The summed E-state index contributed by atoms with van der Waals surface area (Å²) in [6, 6.07) is 15.9. The minimum atomic E-state index is -1.14. The molecule has 8 nitrogen and oxygen atoms in total. The second-order valence-corrected chi connectivity index (χ2v) is 8.05. The van der Waals surface area contributed by atoms with Crippen LogP contribution < -0.4 is 5.32 Å². The SMILES string of the molecule is CCC(CCC(=O)N(CCO)CC(=O)O)NC(=O)OCC1c2ccccc2-c2ccccc21. The van der Waals surface area contributed by atoms with Gasteiger partial charge in [-0.2, -0.15) is 0 Å². The van der Waals surface area contributed by atoms with Crippen LogP contribution in [0.4, 0.5) is 4.79 Å². The molecule has 2 aromatic rings. The van der Waals surface area contributed by atoms with Crippen LogP contribution in [0.2, 0.25) is 0 Å². The van der Waals surface area contributed by atoms with Crippen LogP contribution in [0.15, 0.2) is 48.5 Å². The molecule has 3 rings (SSSR count). The maximum atomic E-state index is 12.5. The Morgan fingerprint density at radius 3 is 2.21 bits per heavy atom. The van der Waals surface area contributed by atoms with Gasteiger partial charge in [-0.25, -0.2) is 4.79 Å². The summed E-state index contributed by atoms with van der Waals surface area (Å²) in [7, 11) is 0. The van der Waals surface area contributed by atoms with E-state index < -0.39 is 18.6 Å². The number of aliphatic carboxylic acids is 1. The molecule has 0 aliphatic heterocycles. The summed E-state index contributed by atoms with van der Waals surface area (Å²) in [6.07, 6.45) is 0.460. The topological polar surface area (TPSA) is 116 Å². The van der Waals surface area contributed by atoms with E-state index in [1.54, 1.807) is 0 Å². The lowest BCUT2D eigenvalue weighted by molar-refractivity contribution is -0.144. The van der Waals surface area contributed by atoms with E-state index in [-0.39, 0.29) is 44.0 Å². The molecule has 0 bridgehead atoms. The highest BCUT2D eigenvalue weighted by Crippen LogP contribution is 2.44. The summed E-state index contributed by atoms with van der Waals surface area (Å²) in [5.74, 6) is -1.55. The number of aliphatic hydroxyl groups is 1. The van der Waals surface area contributed by atoms with E-state index in [4.69, 9.17) is 14.9 Å². The zero-order chi connectivity index (χ0) is 23.8. The first kappa shape index (κ1) is 24.3. The van der Waals surface area contributed by atoms with Gasteiger partial charge in [0, 0.05) is 24.9 Å². The van der Waals surface area contributed by atoms with E-state index in [9.17, 15) is 14.4 Å². The Kier molecular flexibility index (Phi) is 8.43. The highest BCUT2D eigenvalue weighted by atomic mass is 16.5. The third kappa shape index (κ3) is 6.10. The molecule has 1 aliphatic rings. The van der Waals surface area contributed by atoms with Gasteiger partial charge in [0.1, 0.15) is 13.2 Å². The molecule has 1 unspecified atom stereocenters. The van der Waals surface area contributed by atoms with Crippen molar-refractivity contribution < 1.29 is 29.3 Å². The molecule has 0 heterocycles. The van der Waals surface area contributed by atoms with Gasteiger partial charge in [0.05, 0.1) is 6.61 Å². The van der Waals surface area contributed by atoms with E-state index in [1.165, 1.54) is 0 Å². The quantitative estimate of drug-likeness (QED) is 0.481. The molecule has 0 radical (unpaired) electrons. The summed E-state index contributed by atoms with van der Waals surface area (Å²) < 4.78 is 5.56. The number of benzene rings is 2. The lowest BCUT2D eigenvalue weighted by Gasteiger charge is -2.22. The van der Waals surface area contributed by atoms with Gasteiger partial charge in [-0.15, -0.1) is 0 Å². The second-order valence-electron chi connectivity index (χ2n) is 8.05. The van der Waals surface area contributed by atoms with Gasteiger partial charge in [0.15, 0.2) is 0 Å². The monoisotopic (exact) mass is 454 g/mol. The van der Waals surface area contributed by atoms with Gasteiger partial charge in [0.2, 0.25) is 5.91 Å². The number of carbonyl (C=O) groups is 3. The van der Waals surface area contributed by atoms with E-state index in [0.29, 0.717) is 12.8 Å². The summed E-state index contributed by atoms with van der Waals surface area (Å²) in [5.41, 5.74) is 4.57. The fourth-order valence-corrected chi connectivity index (χ4v) is 4.22. The van der Waals surface area contributed by atoms with Gasteiger partial charge < -0.3 is 25.2 Å². The Hall–Kier alpha value is -3.39. The number of carboxylic acid groups (broad SMARTS) is 1. The van der Waals surface area contributed by atoms with Gasteiger partial charge in [-0.3, -0.25) is 9.59 Å². The molecule has 2 aromatic carbocycles. The van der Waals surface area contributed by atoms with Crippen LogP contribution in [0, 0.1) is 0 Å². The van der Waals surface area contributed by atoms with Crippen LogP contribution in [0.25, 0.3) is 11.1 Å². The fraction of sp³-hybridized carbons (Fsp3) is 0.400. The summed E-state index contributed by atoms with van der Waals surface area (Å²) in [5, 5.41) is 20.8. The number of carboxylic acids is 1. The average Bonchev–Trinajstić information content (AvgIpc) is 3.13. The van der Waals surface area contributed by atoms with Crippen molar-refractivity contribution in [2.45, 2.75) is 38.1 Å². The van der Waals surface area contributed by atoms with Gasteiger partial charge in [-0.1, -0.05) is 55.5 Å². The summed E-state index contributed by atoms with van der Waals surface area (Å²) >= 11 is 0. The zero-order valence-electron chi connectivity index (χ0n) is 18.7. The molecular weight excluding hydrogens is 424 g/mol. The second kappa shape index (κ2) is 11.5. The number of hydrogen-bond acceptors (Lipinski definition) is 5. The first-order chi connectivity index (χ1) is 15.9. The van der Waals surface area contributed by atoms with Crippen molar-refractivity contribution in [3.63, 3.8) is 0 Å². The molecule has 1 aliphatic carbocycles. The third-order valence-corrected chi connectivity index (χ3v) is 5.91. The Balaban J connectivity index is 1.53. The molecule has 1 atom stereocenters. The zero-order valence-corrected chi connectivity index (χ0v) is 18.7. The molecule has 2 amide bonds. The highest BCUT2D eigenvalue weighted by molar-refractivity contribution is 5.81. The molecule has 176 valence electrons. The first-order valence-corrected chi connectivity index (χ1v) is 11.2. The molecule has 0 saturated carbocycles. The lowest BCUT2D eigenvalue weighted by atomic mass is 9.98. The predicted octanol–water partition coefficient (Wildman–Crippen LogP) is 2.99. The molecule has 33 heavy (non-hydrogen) atoms. The Labute approximate surface area is 193 Å². The molecule has 3 N–H and O–H groups in total. The van der Waals surface area contributed by atoms with Crippen molar-refractivity contribution >= 4 is 18.0 Å². The molecule has 0 spiro atoms. The maximum Gasteiger partial charge on any atom is 0.407 e. The summed E-state index contributed by atoms with van der Waals surface area (Å²) in [4.78, 5) is 36.8. The molecule has 8 heteroatoms. The summed E-state index contributed by atoms with van der Waals surface area (Å²) in [6.45, 7) is 1.28. The fourth-order valence-electron chi connectivity index (χ4n) is 4.22. The number of fused-ring (bicyclic) bond motifs is 3. The number of aliphatic hydroxyl groups excluding tert-OH is 1. The molecule has 0 aromatic heterocycles. The Bertz CT molecular complexity index is 947. The van der Waals surface area contributed by atoms with Crippen LogP contribution >= 0.6 is 0 Å². The van der Waals surface area contributed by atoms with E-state index >= 15 is 0 Å². The van der Waals surface area contributed by atoms with Crippen LogP contribution in [0.5, 0.6) is 0 Å². The van der Waals surface area contributed by atoms with E-state index in [1.807, 2.05) is 31.2 Å². The number of nitrogens with zero attached hydrogens (tertiary/aromatic N) is 1. The van der Waals surface area contributed by atoms with Gasteiger partial charge in [0.25, 0.3) is 0 Å². The number of nitrogens with one attached hydrogen (secondary N) is 1. The normalized spacial score (nSPS) is 13.0. The largest absolute Gasteiger partial charge is 0.480 e. The van der Waals surface area contributed by atoms with Crippen molar-refractivity contribution in [3.8, 4) is 11.1 Å². The van der Waals surface area contributed by atoms with E-state index in [0.717, 1.165) is 27.2 Å². The molecule has 0 saturated heterocycles. The van der Waals surface area contributed by atoms with Crippen molar-refractivity contribution in [3.05, 3.63) is 59.7 Å². The maximum absolute atomic E-state index is 12.5. The van der Waals surface area contributed by atoms with Crippen molar-refractivity contribution in [2.24, 2.45) is 0 Å². The van der Waals surface area contributed by atoms with Crippen molar-refractivity contribution in [1.82, 2.24) is 10.2 Å². The van der Waals surface area contributed by atoms with Gasteiger partial charge in [-0.05, 0) is 35.1 Å². The standard InChI is InChI=1S/C25H30N2O6/c1-2-17(11-12-23(29)27(13-14-28)15-24(30)31)26-25(32)33-16-22-20-9-5-3-7-18(20)19-8-4-6-10-21(19)22/h3-10,17,22,28H,2,11-16H2,1H3,(H,26,32)(H,30,31). The minimum Gasteiger partial charge on any atom is -0.480 e.